The van der Waals surface area contributed by atoms with Crippen molar-refractivity contribution in [3.63, 3.8) is 0 Å². The Morgan fingerprint density at radius 1 is 1.35 bits per heavy atom. The zero-order chi connectivity index (χ0) is 15.1. The molecule has 1 rings (SSSR count). The van der Waals surface area contributed by atoms with Gasteiger partial charge in [-0.05, 0) is 43.9 Å². The molecule has 1 atom stereocenters. The molecule has 112 valence electrons. The topological polar surface area (TPSA) is 64.3 Å². The van der Waals surface area contributed by atoms with Gasteiger partial charge in [-0.2, -0.15) is 0 Å². The van der Waals surface area contributed by atoms with Gasteiger partial charge in [0.05, 0.1) is 0 Å². The Morgan fingerprint density at radius 2 is 2.05 bits per heavy atom. The number of carbonyl (C=O) groups is 1. The fourth-order valence-electron chi connectivity index (χ4n) is 1.91. The first-order valence-corrected chi connectivity index (χ1v) is 7.18. The number of hydrogen-bond donors (Lipinski definition) is 2. The molecule has 0 aliphatic rings. The summed E-state index contributed by atoms with van der Waals surface area (Å²) in [4.78, 5) is 12.0. The Balaban J connectivity index is 2.74. The number of carbonyl (C=O) groups excluding carboxylic acids is 1. The largest absolute Gasteiger partial charge is 0.480 e. The van der Waals surface area contributed by atoms with E-state index in [4.69, 9.17) is 10.5 Å². The Morgan fingerprint density at radius 3 is 2.65 bits per heavy atom. The summed E-state index contributed by atoms with van der Waals surface area (Å²) in [7, 11) is 0. The number of benzene rings is 1. The van der Waals surface area contributed by atoms with Crippen LogP contribution in [0.3, 0.4) is 0 Å². The molecule has 0 spiro atoms. The molecule has 0 saturated heterocycles. The second kappa shape index (κ2) is 7.90. The van der Waals surface area contributed by atoms with Crippen LogP contribution in [-0.4, -0.2) is 25.1 Å². The van der Waals surface area contributed by atoms with Gasteiger partial charge in [-0.3, -0.25) is 4.79 Å². The third-order valence-electron chi connectivity index (χ3n) is 3.06. The Labute approximate surface area is 121 Å². The lowest BCUT2D eigenvalue weighted by atomic mass is 10.1. The van der Waals surface area contributed by atoms with Crippen LogP contribution in [0.5, 0.6) is 5.75 Å². The van der Waals surface area contributed by atoms with Gasteiger partial charge < -0.3 is 15.8 Å². The van der Waals surface area contributed by atoms with Crippen molar-refractivity contribution < 1.29 is 9.53 Å². The maximum Gasteiger partial charge on any atom is 0.260 e. The van der Waals surface area contributed by atoms with Crippen LogP contribution >= 0.6 is 0 Å². The van der Waals surface area contributed by atoms with Gasteiger partial charge in [-0.1, -0.05) is 32.0 Å². The number of rotatable bonds is 7. The Bertz CT molecular complexity index is 444. The summed E-state index contributed by atoms with van der Waals surface area (Å²) in [6.07, 6.45) is 0.239. The van der Waals surface area contributed by atoms with E-state index in [9.17, 15) is 4.79 Å². The van der Waals surface area contributed by atoms with Gasteiger partial charge in [0.15, 0.2) is 6.10 Å². The highest BCUT2D eigenvalue weighted by molar-refractivity contribution is 5.80. The van der Waals surface area contributed by atoms with Crippen LogP contribution in [0.2, 0.25) is 0 Å². The van der Waals surface area contributed by atoms with E-state index in [1.54, 1.807) is 6.92 Å². The summed E-state index contributed by atoms with van der Waals surface area (Å²) in [5, 5.41) is 2.88. The third kappa shape index (κ3) is 4.85. The van der Waals surface area contributed by atoms with Crippen LogP contribution in [0, 0.1) is 12.8 Å². The molecule has 1 unspecified atom stereocenters. The quantitative estimate of drug-likeness (QED) is 0.802. The predicted molar refractivity (Wildman–Crippen MR) is 81.9 cm³/mol. The summed E-state index contributed by atoms with van der Waals surface area (Å²) in [6.45, 7) is 9.10. The van der Waals surface area contributed by atoms with Crippen LogP contribution in [0.4, 0.5) is 0 Å². The van der Waals surface area contributed by atoms with E-state index in [2.05, 4.69) is 19.2 Å². The van der Waals surface area contributed by atoms with E-state index < -0.39 is 6.10 Å². The number of hydrogen-bond acceptors (Lipinski definition) is 3. The van der Waals surface area contributed by atoms with Gasteiger partial charge in [0, 0.05) is 6.54 Å². The SMILES string of the molecule is Cc1cccc(CCN)c1OC(C)C(=O)NCC(C)C. The highest BCUT2D eigenvalue weighted by atomic mass is 16.5. The van der Waals surface area contributed by atoms with Crippen molar-refractivity contribution in [1.82, 2.24) is 5.32 Å². The minimum absolute atomic E-state index is 0.0827. The molecule has 0 aliphatic heterocycles. The lowest BCUT2D eigenvalue weighted by molar-refractivity contribution is -0.127. The normalized spacial score (nSPS) is 12.3. The predicted octanol–water partition coefficient (Wildman–Crippen LogP) is 2.04. The molecule has 0 fully saturated rings. The monoisotopic (exact) mass is 278 g/mol. The molecule has 0 radical (unpaired) electrons. The van der Waals surface area contributed by atoms with Crippen molar-refractivity contribution in [3.05, 3.63) is 29.3 Å². The number of nitrogens with two attached hydrogens (primary N) is 1. The van der Waals surface area contributed by atoms with Crippen LogP contribution in [0.15, 0.2) is 18.2 Å². The molecule has 0 bridgehead atoms. The molecule has 0 aromatic heterocycles. The zero-order valence-corrected chi connectivity index (χ0v) is 12.9. The zero-order valence-electron chi connectivity index (χ0n) is 12.9. The number of nitrogens with one attached hydrogen (secondary N) is 1. The van der Waals surface area contributed by atoms with Crippen molar-refractivity contribution in [2.24, 2.45) is 11.7 Å². The van der Waals surface area contributed by atoms with E-state index >= 15 is 0 Å². The minimum atomic E-state index is -0.508. The van der Waals surface area contributed by atoms with Gasteiger partial charge in [0.1, 0.15) is 5.75 Å². The maximum absolute atomic E-state index is 12.0. The standard InChI is InChI=1S/C16H26N2O2/c1-11(2)10-18-16(19)13(4)20-15-12(3)6-5-7-14(15)8-9-17/h5-7,11,13H,8-10,17H2,1-4H3,(H,18,19). The molecule has 0 aliphatic carbocycles. The lowest BCUT2D eigenvalue weighted by Gasteiger charge is -2.19. The molecule has 4 nitrogen and oxygen atoms in total. The summed E-state index contributed by atoms with van der Waals surface area (Å²) >= 11 is 0. The lowest BCUT2D eigenvalue weighted by Crippen LogP contribution is -2.38. The Kier molecular flexibility index (Phi) is 6.52. The van der Waals surface area contributed by atoms with Gasteiger partial charge >= 0.3 is 0 Å². The first kappa shape index (κ1) is 16.5. The number of aryl methyl sites for hydroxylation is 1. The highest BCUT2D eigenvalue weighted by Crippen LogP contribution is 2.24. The van der Waals surface area contributed by atoms with Gasteiger partial charge in [-0.15, -0.1) is 0 Å². The Hall–Kier alpha value is -1.55. The molecular formula is C16H26N2O2. The second-order valence-electron chi connectivity index (χ2n) is 5.50. The van der Waals surface area contributed by atoms with Crippen molar-refractivity contribution in [2.75, 3.05) is 13.1 Å². The summed E-state index contributed by atoms with van der Waals surface area (Å²) < 4.78 is 5.86. The molecule has 1 aromatic carbocycles. The molecular weight excluding hydrogens is 252 g/mol. The average Bonchev–Trinajstić information content (AvgIpc) is 2.40. The summed E-state index contributed by atoms with van der Waals surface area (Å²) in [5.41, 5.74) is 7.70. The van der Waals surface area contributed by atoms with Crippen molar-refractivity contribution in [1.29, 1.82) is 0 Å². The van der Waals surface area contributed by atoms with Gasteiger partial charge in [-0.25, -0.2) is 0 Å². The van der Waals surface area contributed by atoms with E-state index in [0.29, 0.717) is 19.0 Å². The summed E-state index contributed by atoms with van der Waals surface area (Å²) in [5.74, 6) is 1.13. The molecule has 4 heteroatoms. The first-order valence-electron chi connectivity index (χ1n) is 7.18. The molecule has 0 heterocycles. The molecule has 1 aromatic rings. The van der Waals surface area contributed by atoms with Crippen LogP contribution in [0.25, 0.3) is 0 Å². The van der Waals surface area contributed by atoms with Crippen LogP contribution in [0.1, 0.15) is 31.9 Å². The average molecular weight is 278 g/mol. The van der Waals surface area contributed by atoms with Crippen LogP contribution in [-0.2, 0) is 11.2 Å². The fourth-order valence-corrected chi connectivity index (χ4v) is 1.91. The number of ether oxygens (including phenoxy) is 1. The first-order chi connectivity index (χ1) is 9.45. The van der Waals surface area contributed by atoms with Crippen LogP contribution < -0.4 is 15.8 Å². The van der Waals surface area contributed by atoms with Gasteiger partial charge in [0.2, 0.25) is 0 Å². The highest BCUT2D eigenvalue weighted by Gasteiger charge is 2.17. The smallest absolute Gasteiger partial charge is 0.260 e. The van der Waals surface area contributed by atoms with E-state index in [-0.39, 0.29) is 5.91 Å². The van der Waals surface area contributed by atoms with E-state index in [1.165, 1.54) is 0 Å². The third-order valence-corrected chi connectivity index (χ3v) is 3.06. The molecule has 1 amide bonds. The van der Waals surface area contributed by atoms with Crippen molar-refractivity contribution in [3.8, 4) is 5.75 Å². The fraction of sp³-hybridized carbons (Fsp3) is 0.562. The maximum atomic E-state index is 12.0. The summed E-state index contributed by atoms with van der Waals surface area (Å²) in [6, 6.07) is 5.96. The molecule has 3 N–H and O–H groups in total. The van der Waals surface area contributed by atoms with E-state index in [0.717, 1.165) is 23.3 Å². The molecule has 0 saturated carbocycles. The number of para-hydroxylation sites is 1. The van der Waals surface area contributed by atoms with Crippen molar-refractivity contribution in [2.45, 2.75) is 40.2 Å². The minimum Gasteiger partial charge on any atom is -0.480 e. The second-order valence-corrected chi connectivity index (χ2v) is 5.50. The molecule has 20 heavy (non-hydrogen) atoms. The number of amides is 1. The van der Waals surface area contributed by atoms with E-state index in [1.807, 2.05) is 25.1 Å². The van der Waals surface area contributed by atoms with Crippen molar-refractivity contribution >= 4 is 5.91 Å². The van der Waals surface area contributed by atoms with Gasteiger partial charge in [0.25, 0.3) is 5.91 Å².